The van der Waals surface area contributed by atoms with Crippen LogP contribution in [0.3, 0.4) is 0 Å². The van der Waals surface area contributed by atoms with Gasteiger partial charge in [-0.1, -0.05) is 12.5 Å². The molecule has 3 amide bonds. The molecule has 0 saturated carbocycles. The number of hydrogen-bond acceptors (Lipinski definition) is 8. The minimum atomic E-state index is -0.665. The van der Waals surface area contributed by atoms with Gasteiger partial charge in [-0.15, -0.1) is 11.3 Å². The number of nitrogens with one attached hydrogen (secondary N) is 1. The molecular weight excluding hydrogens is 474 g/mol. The minimum Gasteiger partial charge on any atom is -0.462 e. The summed E-state index contributed by atoms with van der Waals surface area (Å²) in [5, 5.41) is 14.6. The number of ether oxygens (including phenoxy) is 1. The van der Waals surface area contributed by atoms with Crippen LogP contribution in [0.1, 0.15) is 80.5 Å². The number of carbonyl (C=O) groups excluding carboxylic acids is 4. The maximum atomic E-state index is 12.6. The summed E-state index contributed by atoms with van der Waals surface area (Å²) in [5.74, 6) is -1.83. The van der Waals surface area contributed by atoms with E-state index in [0.29, 0.717) is 29.8 Å². The van der Waals surface area contributed by atoms with E-state index in [1.54, 1.807) is 6.92 Å². The summed E-state index contributed by atoms with van der Waals surface area (Å²) < 4.78 is 5.18. The Morgan fingerprint density at radius 1 is 1.17 bits per heavy atom. The van der Waals surface area contributed by atoms with Crippen LogP contribution in [0, 0.1) is 10.1 Å². The number of nitrogens with zero attached hydrogens (tertiary/aromatic N) is 2. The van der Waals surface area contributed by atoms with Gasteiger partial charge in [-0.05, 0) is 50.7 Å². The van der Waals surface area contributed by atoms with E-state index in [9.17, 15) is 29.3 Å². The molecule has 0 radical (unpaired) electrons. The number of esters is 1. The minimum absolute atomic E-state index is 0.0452. The van der Waals surface area contributed by atoms with Crippen molar-refractivity contribution in [2.75, 3.05) is 18.5 Å². The van der Waals surface area contributed by atoms with Crippen LogP contribution in [-0.4, -0.2) is 46.7 Å². The fourth-order valence-electron chi connectivity index (χ4n) is 4.50. The van der Waals surface area contributed by atoms with Crippen molar-refractivity contribution in [2.24, 2.45) is 0 Å². The standard InChI is InChI=1S/C24H25N3O7S/c1-2-34-24(31)20-14-8-7-11-17(14)35-21(20)25-18(28)12-4-3-5-13-26-22(29)15-9-6-10-16(27(32)33)19(15)23(26)30/h6,9-10H,2-5,7-8,11-13H2,1H3,(H,25,28). The number of thiophene rings is 1. The number of amides is 3. The highest BCUT2D eigenvalue weighted by atomic mass is 32.1. The van der Waals surface area contributed by atoms with E-state index in [-0.39, 0.29) is 42.3 Å². The Hall–Kier alpha value is -3.60. The van der Waals surface area contributed by atoms with E-state index < -0.39 is 22.7 Å². The first-order chi connectivity index (χ1) is 16.8. The van der Waals surface area contributed by atoms with Crippen molar-refractivity contribution in [1.29, 1.82) is 0 Å². The van der Waals surface area contributed by atoms with Gasteiger partial charge < -0.3 is 10.1 Å². The van der Waals surface area contributed by atoms with Crippen molar-refractivity contribution < 1.29 is 28.8 Å². The molecule has 0 bridgehead atoms. The van der Waals surface area contributed by atoms with Gasteiger partial charge in [-0.2, -0.15) is 0 Å². The molecule has 0 unspecified atom stereocenters. The fraction of sp³-hybridized carbons (Fsp3) is 0.417. The summed E-state index contributed by atoms with van der Waals surface area (Å²) in [6.07, 6.45) is 4.47. The Balaban J connectivity index is 1.28. The zero-order chi connectivity index (χ0) is 25.1. The topological polar surface area (TPSA) is 136 Å². The lowest BCUT2D eigenvalue weighted by atomic mass is 10.1. The number of imide groups is 1. The average Bonchev–Trinajstić information content (AvgIpc) is 3.47. The predicted molar refractivity (Wildman–Crippen MR) is 128 cm³/mol. The quantitative estimate of drug-likeness (QED) is 0.171. The van der Waals surface area contributed by atoms with Gasteiger partial charge in [0.25, 0.3) is 17.5 Å². The van der Waals surface area contributed by atoms with Gasteiger partial charge in [0.1, 0.15) is 10.6 Å². The van der Waals surface area contributed by atoms with Crippen molar-refractivity contribution in [2.45, 2.75) is 51.9 Å². The zero-order valence-corrected chi connectivity index (χ0v) is 20.1. The number of benzene rings is 1. The molecular formula is C24H25N3O7S. The fourth-order valence-corrected chi connectivity index (χ4v) is 5.80. The average molecular weight is 500 g/mol. The first kappa shape index (κ1) is 24.5. The van der Waals surface area contributed by atoms with Crippen molar-refractivity contribution in [1.82, 2.24) is 4.90 Å². The summed E-state index contributed by atoms with van der Waals surface area (Å²) in [7, 11) is 0. The summed E-state index contributed by atoms with van der Waals surface area (Å²) in [5.41, 5.74) is 0.954. The van der Waals surface area contributed by atoms with Crippen LogP contribution in [0.2, 0.25) is 0 Å². The normalized spacial score (nSPS) is 14.1. The molecule has 2 aliphatic rings. The molecule has 10 nitrogen and oxygen atoms in total. The van der Waals surface area contributed by atoms with Crippen LogP contribution in [0.15, 0.2) is 18.2 Å². The molecule has 0 atom stereocenters. The lowest BCUT2D eigenvalue weighted by molar-refractivity contribution is -0.385. The second kappa shape index (κ2) is 10.3. The highest BCUT2D eigenvalue weighted by Crippen LogP contribution is 2.39. The Morgan fingerprint density at radius 3 is 2.71 bits per heavy atom. The lowest BCUT2D eigenvalue weighted by Crippen LogP contribution is -2.30. The number of fused-ring (bicyclic) bond motifs is 2. The van der Waals surface area contributed by atoms with Gasteiger partial charge in [-0.3, -0.25) is 29.4 Å². The Morgan fingerprint density at radius 2 is 1.97 bits per heavy atom. The van der Waals surface area contributed by atoms with Crippen molar-refractivity contribution in [3.8, 4) is 0 Å². The van der Waals surface area contributed by atoms with E-state index >= 15 is 0 Å². The number of anilines is 1. The summed E-state index contributed by atoms with van der Waals surface area (Å²) >= 11 is 1.43. The number of unbranched alkanes of at least 4 members (excludes halogenated alkanes) is 2. The highest BCUT2D eigenvalue weighted by Gasteiger charge is 2.40. The summed E-state index contributed by atoms with van der Waals surface area (Å²) in [4.78, 5) is 62.7. The van der Waals surface area contributed by atoms with Crippen molar-refractivity contribution >= 4 is 45.7 Å². The molecule has 0 fully saturated rings. The van der Waals surface area contributed by atoms with Gasteiger partial charge >= 0.3 is 5.97 Å². The largest absolute Gasteiger partial charge is 0.462 e. The number of rotatable bonds is 10. The van der Waals surface area contributed by atoms with Crippen molar-refractivity contribution in [3.05, 3.63) is 55.4 Å². The van der Waals surface area contributed by atoms with Gasteiger partial charge in [0.15, 0.2) is 0 Å². The third-order valence-electron chi connectivity index (χ3n) is 6.11. The Bertz CT molecular complexity index is 1220. The molecule has 1 N–H and O–H groups in total. The molecule has 0 saturated heterocycles. The van der Waals surface area contributed by atoms with E-state index in [2.05, 4.69) is 5.32 Å². The van der Waals surface area contributed by atoms with Gasteiger partial charge in [0.2, 0.25) is 5.91 Å². The summed E-state index contributed by atoms with van der Waals surface area (Å²) in [6.45, 7) is 2.12. The monoisotopic (exact) mass is 499 g/mol. The van der Waals surface area contributed by atoms with Crippen LogP contribution >= 0.6 is 11.3 Å². The molecule has 2 heterocycles. The molecule has 0 spiro atoms. The zero-order valence-electron chi connectivity index (χ0n) is 19.3. The SMILES string of the molecule is CCOC(=O)c1c(NC(=O)CCCCCN2C(=O)c3cccc([N+](=O)[O-])c3C2=O)sc2c1CCC2. The van der Waals surface area contributed by atoms with Gasteiger partial charge in [0, 0.05) is 23.9 Å². The number of nitro benzene ring substituents is 1. The number of nitro groups is 1. The first-order valence-corrected chi connectivity index (χ1v) is 12.4. The maximum absolute atomic E-state index is 12.6. The lowest BCUT2D eigenvalue weighted by Gasteiger charge is -2.13. The molecule has 1 aromatic carbocycles. The summed E-state index contributed by atoms with van der Waals surface area (Å²) in [6, 6.07) is 4.01. The molecule has 1 aliphatic carbocycles. The second-order valence-corrected chi connectivity index (χ2v) is 9.46. The third kappa shape index (κ3) is 4.81. The van der Waals surface area contributed by atoms with Crippen LogP contribution < -0.4 is 5.32 Å². The molecule has 35 heavy (non-hydrogen) atoms. The second-order valence-electron chi connectivity index (χ2n) is 8.36. The number of carbonyl (C=O) groups is 4. The van der Waals surface area contributed by atoms with Crippen LogP contribution in [0.5, 0.6) is 0 Å². The predicted octanol–water partition coefficient (Wildman–Crippen LogP) is 4.12. The van der Waals surface area contributed by atoms with E-state index in [1.807, 2.05) is 0 Å². The van der Waals surface area contributed by atoms with Gasteiger partial charge in [-0.25, -0.2) is 4.79 Å². The molecule has 4 rings (SSSR count). The van der Waals surface area contributed by atoms with Gasteiger partial charge in [0.05, 0.1) is 22.7 Å². The smallest absolute Gasteiger partial charge is 0.341 e. The maximum Gasteiger partial charge on any atom is 0.341 e. The van der Waals surface area contributed by atoms with Crippen molar-refractivity contribution in [3.63, 3.8) is 0 Å². The number of hydrogen-bond donors (Lipinski definition) is 1. The Kier molecular flexibility index (Phi) is 7.25. The first-order valence-electron chi connectivity index (χ1n) is 11.6. The molecule has 11 heteroatoms. The van der Waals surface area contributed by atoms with E-state index in [1.165, 1.54) is 29.5 Å². The number of aryl methyl sites for hydroxylation is 1. The molecule has 1 aliphatic heterocycles. The van der Waals surface area contributed by atoms with Crippen LogP contribution in [0.25, 0.3) is 0 Å². The van der Waals surface area contributed by atoms with Crippen LogP contribution in [0.4, 0.5) is 10.7 Å². The van der Waals surface area contributed by atoms with Crippen LogP contribution in [-0.2, 0) is 22.4 Å². The molecule has 1 aromatic heterocycles. The highest BCUT2D eigenvalue weighted by molar-refractivity contribution is 7.17. The molecule has 184 valence electrons. The van der Waals surface area contributed by atoms with E-state index in [4.69, 9.17) is 4.74 Å². The van der Waals surface area contributed by atoms with E-state index in [0.717, 1.165) is 34.6 Å². The Labute approximate surface area is 205 Å². The third-order valence-corrected chi connectivity index (χ3v) is 7.32. The molecule has 2 aromatic rings.